The van der Waals surface area contributed by atoms with E-state index in [1.54, 1.807) is 0 Å². The largest absolute Gasteiger partial charge is 0.417 e. The van der Waals surface area contributed by atoms with E-state index < -0.39 is 39.2 Å². The maximum absolute atomic E-state index is 13.1. The summed E-state index contributed by atoms with van der Waals surface area (Å²) >= 11 is 5.59. The van der Waals surface area contributed by atoms with Crippen LogP contribution in [0.2, 0.25) is 5.02 Å². The van der Waals surface area contributed by atoms with Crippen LogP contribution in [0.3, 0.4) is 0 Å². The molecule has 2 fully saturated rings. The molecule has 10 heteroatoms. The minimum absolute atomic E-state index is 0.00798. The van der Waals surface area contributed by atoms with Crippen LogP contribution in [-0.4, -0.2) is 33.2 Å². The second kappa shape index (κ2) is 7.16. The van der Waals surface area contributed by atoms with Gasteiger partial charge in [-0.15, -0.1) is 0 Å². The normalized spacial score (nSPS) is 24.9. The Labute approximate surface area is 160 Å². The molecule has 27 heavy (non-hydrogen) atoms. The van der Waals surface area contributed by atoms with Crippen molar-refractivity contribution in [2.24, 2.45) is 11.8 Å². The van der Waals surface area contributed by atoms with Gasteiger partial charge in [0.2, 0.25) is 15.9 Å². The summed E-state index contributed by atoms with van der Waals surface area (Å²) in [5.41, 5.74) is -1.40. The number of anilines is 1. The van der Waals surface area contributed by atoms with Gasteiger partial charge in [-0.25, -0.2) is 8.42 Å². The Morgan fingerprint density at radius 1 is 1.30 bits per heavy atom. The standard InChI is InChI=1S/C17H20ClF3N2O3S/c1-27(25,26)23(12-4-5-14(18)13(8-12)17(19,20)21)9-16(24)22-15-7-10-2-3-11(15)6-10/h4-5,8,10-11,15H,2-3,6-7,9H2,1H3,(H,22,24)/t10-,11+,15+/m0/s1. The van der Waals surface area contributed by atoms with Crippen LogP contribution in [0, 0.1) is 11.8 Å². The second-order valence-electron chi connectivity index (χ2n) is 7.28. The van der Waals surface area contributed by atoms with Gasteiger partial charge in [0.05, 0.1) is 22.5 Å². The highest BCUT2D eigenvalue weighted by Gasteiger charge is 2.40. The molecule has 1 aromatic rings. The van der Waals surface area contributed by atoms with E-state index >= 15 is 0 Å². The molecule has 5 nitrogen and oxygen atoms in total. The third-order valence-electron chi connectivity index (χ3n) is 5.32. The van der Waals surface area contributed by atoms with Crippen molar-refractivity contribution in [2.45, 2.75) is 37.9 Å². The first kappa shape index (κ1) is 20.3. The highest BCUT2D eigenvalue weighted by molar-refractivity contribution is 7.92. The summed E-state index contributed by atoms with van der Waals surface area (Å²) in [6.45, 7) is -0.578. The first-order chi connectivity index (χ1) is 12.4. The zero-order chi connectivity index (χ0) is 20.0. The lowest BCUT2D eigenvalue weighted by atomic mass is 9.95. The van der Waals surface area contributed by atoms with E-state index in [1.165, 1.54) is 0 Å². The topological polar surface area (TPSA) is 66.5 Å². The third kappa shape index (κ3) is 4.51. The molecule has 2 aliphatic rings. The Kier molecular flexibility index (Phi) is 5.37. The summed E-state index contributed by atoms with van der Waals surface area (Å²) in [4.78, 5) is 12.4. The maximum Gasteiger partial charge on any atom is 0.417 e. The van der Waals surface area contributed by atoms with Crippen LogP contribution < -0.4 is 9.62 Å². The average Bonchev–Trinajstić information content (AvgIpc) is 3.14. The number of halogens is 4. The monoisotopic (exact) mass is 424 g/mol. The van der Waals surface area contributed by atoms with Crippen molar-refractivity contribution in [1.82, 2.24) is 5.32 Å². The third-order valence-corrected chi connectivity index (χ3v) is 6.79. The molecule has 0 unspecified atom stereocenters. The van der Waals surface area contributed by atoms with E-state index in [2.05, 4.69) is 5.32 Å². The number of nitrogens with one attached hydrogen (secondary N) is 1. The van der Waals surface area contributed by atoms with Gasteiger partial charge < -0.3 is 5.32 Å². The second-order valence-corrected chi connectivity index (χ2v) is 9.59. The van der Waals surface area contributed by atoms with Crippen molar-refractivity contribution >= 4 is 33.2 Å². The van der Waals surface area contributed by atoms with Crippen LogP contribution in [0.1, 0.15) is 31.2 Å². The lowest BCUT2D eigenvalue weighted by Gasteiger charge is -2.26. The Balaban J connectivity index is 1.80. The summed E-state index contributed by atoms with van der Waals surface area (Å²) in [7, 11) is -3.97. The van der Waals surface area contributed by atoms with Gasteiger partial charge in [-0.05, 0) is 49.3 Å². The lowest BCUT2D eigenvalue weighted by molar-refractivity contribution is -0.137. The smallest absolute Gasteiger partial charge is 0.352 e. The molecule has 0 aromatic heterocycles. The van der Waals surface area contributed by atoms with Crippen molar-refractivity contribution in [3.8, 4) is 0 Å². The van der Waals surface area contributed by atoms with Crippen LogP contribution in [0.4, 0.5) is 18.9 Å². The number of nitrogens with zero attached hydrogens (tertiary/aromatic N) is 1. The zero-order valence-electron chi connectivity index (χ0n) is 14.6. The fourth-order valence-electron chi connectivity index (χ4n) is 4.09. The summed E-state index contributed by atoms with van der Waals surface area (Å²) in [6, 6.07) is 2.79. The molecule has 0 saturated heterocycles. The van der Waals surface area contributed by atoms with Crippen LogP contribution in [-0.2, 0) is 21.0 Å². The molecular formula is C17H20ClF3N2O3S. The molecule has 0 aliphatic heterocycles. The van der Waals surface area contributed by atoms with Crippen LogP contribution in [0.25, 0.3) is 0 Å². The van der Waals surface area contributed by atoms with E-state index in [4.69, 9.17) is 11.6 Å². The first-order valence-electron chi connectivity index (χ1n) is 8.59. The molecule has 3 atom stereocenters. The van der Waals surface area contributed by atoms with E-state index in [0.717, 1.165) is 44.1 Å². The summed E-state index contributed by atoms with van der Waals surface area (Å²) < 4.78 is 64.1. The summed E-state index contributed by atoms with van der Waals surface area (Å²) in [5.74, 6) is 0.469. The molecule has 1 N–H and O–H groups in total. The fraction of sp³-hybridized carbons (Fsp3) is 0.588. The van der Waals surface area contributed by atoms with Gasteiger partial charge in [0.1, 0.15) is 6.54 Å². The Hall–Kier alpha value is -1.48. The molecule has 1 amide bonds. The van der Waals surface area contributed by atoms with Gasteiger partial charge in [-0.1, -0.05) is 18.0 Å². The van der Waals surface area contributed by atoms with E-state index in [9.17, 15) is 26.4 Å². The molecule has 0 spiro atoms. The minimum Gasteiger partial charge on any atom is -0.352 e. The van der Waals surface area contributed by atoms with E-state index in [-0.39, 0.29) is 11.7 Å². The molecule has 3 rings (SSSR count). The van der Waals surface area contributed by atoms with Gasteiger partial charge >= 0.3 is 6.18 Å². The fourth-order valence-corrected chi connectivity index (χ4v) is 5.16. The molecular weight excluding hydrogens is 405 g/mol. The van der Waals surface area contributed by atoms with Crippen molar-refractivity contribution in [1.29, 1.82) is 0 Å². The quantitative estimate of drug-likeness (QED) is 0.787. The van der Waals surface area contributed by atoms with Crippen LogP contribution in [0.15, 0.2) is 18.2 Å². The first-order valence-corrected chi connectivity index (χ1v) is 10.8. The molecule has 0 heterocycles. The highest BCUT2D eigenvalue weighted by atomic mass is 35.5. The molecule has 1 aromatic carbocycles. The Morgan fingerprint density at radius 3 is 2.52 bits per heavy atom. The van der Waals surface area contributed by atoms with Crippen LogP contribution in [0.5, 0.6) is 0 Å². The highest BCUT2D eigenvalue weighted by Crippen LogP contribution is 2.44. The molecule has 2 bridgehead atoms. The predicted octanol–water partition coefficient (Wildman–Crippen LogP) is 3.43. The summed E-state index contributed by atoms with van der Waals surface area (Å²) in [6.07, 6.45) is 0.234. The SMILES string of the molecule is CS(=O)(=O)N(CC(=O)N[C@@H]1C[C@H]2CC[C@@H]1C2)c1ccc(Cl)c(C(F)(F)F)c1. The lowest BCUT2D eigenvalue weighted by Crippen LogP contribution is -2.45. The number of rotatable bonds is 5. The molecule has 2 saturated carbocycles. The number of carbonyl (C=O) groups excluding carboxylic acids is 1. The van der Waals surface area contributed by atoms with Gasteiger partial charge in [0, 0.05) is 6.04 Å². The number of hydrogen-bond donors (Lipinski definition) is 1. The number of hydrogen-bond acceptors (Lipinski definition) is 3. The van der Waals surface area contributed by atoms with Crippen LogP contribution >= 0.6 is 11.6 Å². The molecule has 0 radical (unpaired) electrons. The Morgan fingerprint density at radius 2 is 2.00 bits per heavy atom. The van der Waals surface area contributed by atoms with Gasteiger partial charge in [0.25, 0.3) is 0 Å². The number of fused-ring (bicyclic) bond motifs is 2. The number of alkyl halides is 3. The Bertz CT molecular complexity index is 844. The van der Waals surface area contributed by atoms with E-state index in [0.29, 0.717) is 22.2 Å². The number of carbonyl (C=O) groups is 1. The van der Waals surface area contributed by atoms with Crippen molar-refractivity contribution in [3.05, 3.63) is 28.8 Å². The van der Waals surface area contributed by atoms with Gasteiger partial charge in [-0.2, -0.15) is 13.2 Å². The van der Waals surface area contributed by atoms with Crippen molar-refractivity contribution < 1.29 is 26.4 Å². The summed E-state index contributed by atoms with van der Waals surface area (Å²) in [5, 5.41) is 2.31. The van der Waals surface area contributed by atoms with Crippen molar-refractivity contribution in [3.63, 3.8) is 0 Å². The number of amides is 1. The zero-order valence-corrected chi connectivity index (χ0v) is 16.2. The maximum atomic E-state index is 13.1. The molecule has 150 valence electrons. The van der Waals surface area contributed by atoms with E-state index in [1.807, 2.05) is 0 Å². The number of sulfonamides is 1. The predicted molar refractivity (Wildman–Crippen MR) is 96.0 cm³/mol. The van der Waals surface area contributed by atoms with Crippen molar-refractivity contribution in [2.75, 3.05) is 17.1 Å². The average molecular weight is 425 g/mol. The molecule has 2 aliphatic carbocycles. The van der Waals surface area contributed by atoms with Gasteiger partial charge in [0.15, 0.2) is 0 Å². The van der Waals surface area contributed by atoms with Gasteiger partial charge in [-0.3, -0.25) is 9.10 Å². The minimum atomic E-state index is -4.73. The number of benzene rings is 1.